The Labute approximate surface area is 116 Å². The van der Waals surface area contributed by atoms with E-state index in [1.807, 2.05) is 0 Å². The van der Waals surface area contributed by atoms with E-state index in [0.717, 1.165) is 19.3 Å². The SMILES string of the molecule is CCOC(=O)c1c(N)nsc1NCC1CCC(O)C1. The molecule has 19 heavy (non-hydrogen) atoms. The van der Waals surface area contributed by atoms with Crippen LogP contribution in [0.25, 0.3) is 0 Å². The van der Waals surface area contributed by atoms with E-state index >= 15 is 0 Å². The fourth-order valence-electron chi connectivity index (χ4n) is 2.29. The molecule has 2 unspecified atom stereocenters. The summed E-state index contributed by atoms with van der Waals surface area (Å²) in [5, 5.41) is 13.3. The zero-order valence-electron chi connectivity index (χ0n) is 10.9. The van der Waals surface area contributed by atoms with Crippen molar-refractivity contribution >= 4 is 28.3 Å². The Kier molecular flexibility index (Phi) is 4.60. The summed E-state index contributed by atoms with van der Waals surface area (Å²) in [6.45, 7) is 2.77. The summed E-state index contributed by atoms with van der Waals surface area (Å²) in [6.07, 6.45) is 2.46. The van der Waals surface area contributed by atoms with Gasteiger partial charge in [-0.15, -0.1) is 0 Å². The van der Waals surface area contributed by atoms with Gasteiger partial charge in [0.05, 0.1) is 12.7 Å². The van der Waals surface area contributed by atoms with Crippen molar-refractivity contribution in [3.8, 4) is 0 Å². The number of nitrogens with zero attached hydrogens (tertiary/aromatic N) is 1. The summed E-state index contributed by atoms with van der Waals surface area (Å²) in [4.78, 5) is 11.8. The highest BCUT2D eigenvalue weighted by atomic mass is 32.1. The molecule has 1 saturated carbocycles. The quantitative estimate of drug-likeness (QED) is 0.709. The first-order valence-electron chi connectivity index (χ1n) is 6.46. The van der Waals surface area contributed by atoms with Gasteiger partial charge in [0.2, 0.25) is 0 Å². The van der Waals surface area contributed by atoms with Gasteiger partial charge < -0.3 is 20.9 Å². The molecule has 0 saturated heterocycles. The number of anilines is 2. The number of aliphatic hydroxyl groups excluding tert-OH is 1. The summed E-state index contributed by atoms with van der Waals surface area (Å²) in [7, 11) is 0. The summed E-state index contributed by atoms with van der Waals surface area (Å²) < 4.78 is 8.95. The first kappa shape index (κ1) is 14.1. The predicted molar refractivity (Wildman–Crippen MR) is 74.3 cm³/mol. The van der Waals surface area contributed by atoms with E-state index in [9.17, 15) is 9.90 Å². The van der Waals surface area contributed by atoms with E-state index in [0.29, 0.717) is 29.6 Å². The highest BCUT2D eigenvalue weighted by Gasteiger charge is 2.25. The van der Waals surface area contributed by atoms with Gasteiger partial charge in [0.1, 0.15) is 10.6 Å². The number of nitrogens with one attached hydrogen (secondary N) is 1. The second kappa shape index (κ2) is 6.21. The zero-order valence-corrected chi connectivity index (χ0v) is 11.7. The Bertz CT molecular complexity index is 449. The molecule has 0 bridgehead atoms. The summed E-state index contributed by atoms with van der Waals surface area (Å²) in [5.41, 5.74) is 6.02. The van der Waals surface area contributed by atoms with Crippen molar-refractivity contribution in [2.75, 3.05) is 24.2 Å². The second-order valence-electron chi connectivity index (χ2n) is 4.71. The molecular formula is C12H19N3O3S. The van der Waals surface area contributed by atoms with Crippen LogP contribution in [0.15, 0.2) is 0 Å². The maximum absolute atomic E-state index is 11.8. The van der Waals surface area contributed by atoms with Gasteiger partial charge >= 0.3 is 5.97 Å². The van der Waals surface area contributed by atoms with E-state index in [4.69, 9.17) is 10.5 Å². The predicted octanol–water partition coefficient (Wildman–Crippen LogP) is 1.47. The Morgan fingerprint density at radius 2 is 2.42 bits per heavy atom. The molecule has 4 N–H and O–H groups in total. The number of rotatable bonds is 5. The first-order valence-corrected chi connectivity index (χ1v) is 7.23. The number of carbonyl (C=O) groups is 1. The molecule has 1 fully saturated rings. The van der Waals surface area contributed by atoms with Crippen molar-refractivity contribution < 1.29 is 14.6 Å². The van der Waals surface area contributed by atoms with Gasteiger partial charge in [0, 0.05) is 6.54 Å². The van der Waals surface area contributed by atoms with Crippen molar-refractivity contribution in [3.63, 3.8) is 0 Å². The average Bonchev–Trinajstić information content (AvgIpc) is 2.93. The van der Waals surface area contributed by atoms with Gasteiger partial charge in [-0.1, -0.05) is 0 Å². The lowest BCUT2D eigenvalue weighted by molar-refractivity contribution is 0.0529. The Morgan fingerprint density at radius 1 is 1.63 bits per heavy atom. The lowest BCUT2D eigenvalue weighted by atomic mass is 10.1. The smallest absolute Gasteiger partial charge is 0.344 e. The number of carbonyl (C=O) groups excluding carboxylic acids is 1. The van der Waals surface area contributed by atoms with Crippen molar-refractivity contribution in [1.82, 2.24) is 4.37 Å². The highest BCUT2D eigenvalue weighted by molar-refractivity contribution is 7.11. The molecule has 0 radical (unpaired) electrons. The molecule has 1 aliphatic rings. The van der Waals surface area contributed by atoms with Gasteiger partial charge in [0.15, 0.2) is 5.82 Å². The van der Waals surface area contributed by atoms with Crippen LogP contribution in [0.5, 0.6) is 0 Å². The van der Waals surface area contributed by atoms with Gasteiger partial charge in [-0.2, -0.15) is 4.37 Å². The van der Waals surface area contributed by atoms with Crippen LogP contribution in [0.4, 0.5) is 10.8 Å². The van der Waals surface area contributed by atoms with Gasteiger partial charge in [-0.3, -0.25) is 0 Å². The fraction of sp³-hybridized carbons (Fsp3) is 0.667. The molecule has 6 nitrogen and oxygen atoms in total. The third-order valence-electron chi connectivity index (χ3n) is 3.26. The molecule has 2 atom stereocenters. The summed E-state index contributed by atoms with van der Waals surface area (Å²) in [5.74, 6) is 0.188. The van der Waals surface area contributed by atoms with Crippen LogP contribution in [-0.2, 0) is 4.74 Å². The second-order valence-corrected chi connectivity index (χ2v) is 5.48. The van der Waals surface area contributed by atoms with Crippen molar-refractivity contribution in [1.29, 1.82) is 0 Å². The molecule has 7 heteroatoms. The maximum Gasteiger partial charge on any atom is 0.344 e. The molecular weight excluding hydrogens is 266 g/mol. The number of hydrogen-bond donors (Lipinski definition) is 3. The van der Waals surface area contributed by atoms with Crippen LogP contribution < -0.4 is 11.1 Å². The van der Waals surface area contributed by atoms with Crippen molar-refractivity contribution in [2.24, 2.45) is 5.92 Å². The first-order chi connectivity index (χ1) is 9.11. The van der Waals surface area contributed by atoms with E-state index in [1.165, 1.54) is 11.5 Å². The Morgan fingerprint density at radius 3 is 3.05 bits per heavy atom. The third-order valence-corrected chi connectivity index (χ3v) is 4.08. The molecule has 0 aromatic carbocycles. The molecule has 0 aliphatic heterocycles. The molecule has 0 amide bonds. The van der Waals surface area contributed by atoms with E-state index < -0.39 is 5.97 Å². The minimum absolute atomic E-state index is 0.192. The van der Waals surface area contributed by atoms with Gasteiger partial charge in [-0.25, -0.2) is 4.79 Å². The molecule has 0 spiro atoms. The molecule has 106 valence electrons. The number of ether oxygens (including phenoxy) is 1. The summed E-state index contributed by atoms with van der Waals surface area (Å²) in [6, 6.07) is 0. The minimum Gasteiger partial charge on any atom is -0.462 e. The minimum atomic E-state index is -0.442. The van der Waals surface area contributed by atoms with E-state index in [-0.39, 0.29) is 11.9 Å². The fourth-order valence-corrected chi connectivity index (χ4v) is 3.00. The van der Waals surface area contributed by atoms with E-state index in [1.54, 1.807) is 6.92 Å². The number of aliphatic hydroxyl groups is 1. The number of hydrogen-bond acceptors (Lipinski definition) is 7. The van der Waals surface area contributed by atoms with Crippen molar-refractivity contribution in [3.05, 3.63) is 5.56 Å². The van der Waals surface area contributed by atoms with Crippen LogP contribution in [0, 0.1) is 5.92 Å². The molecule has 1 aromatic rings. The van der Waals surface area contributed by atoms with E-state index in [2.05, 4.69) is 9.69 Å². The Balaban J connectivity index is 1.98. The van der Waals surface area contributed by atoms with Crippen LogP contribution in [-0.4, -0.2) is 34.7 Å². The summed E-state index contributed by atoms with van der Waals surface area (Å²) >= 11 is 1.17. The third kappa shape index (κ3) is 3.36. The lowest BCUT2D eigenvalue weighted by Gasteiger charge is -2.11. The number of nitrogen functional groups attached to an aromatic ring is 1. The van der Waals surface area contributed by atoms with Crippen LogP contribution in [0.1, 0.15) is 36.5 Å². The maximum atomic E-state index is 11.8. The van der Waals surface area contributed by atoms with Crippen molar-refractivity contribution in [2.45, 2.75) is 32.3 Å². The number of esters is 1. The Hall–Kier alpha value is -1.34. The lowest BCUT2D eigenvalue weighted by Crippen LogP contribution is -2.15. The molecule has 1 aromatic heterocycles. The zero-order chi connectivity index (χ0) is 13.8. The largest absolute Gasteiger partial charge is 0.462 e. The number of aromatic nitrogens is 1. The van der Waals surface area contributed by atoms with Crippen LogP contribution in [0.2, 0.25) is 0 Å². The topological polar surface area (TPSA) is 97.5 Å². The van der Waals surface area contributed by atoms with Crippen LogP contribution in [0.3, 0.4) is 0 Å². The molecule has 2 rings (SSSR count). The van der Waals surface area contributed by atoms with Gasteiger partial charge in [0.25, 0.3) is 0 Å². The van der Waals surface area contributed by atoms with Gasteiger partial charge in [-0.05, 0) is 43.6 Å². The highest BCUT2D eigenvalue weighted by Crippen LogP contribution is 2.30. The number of nitrogens with two attached hydrogens (primary N) is 1. The average molecular weight is 285 g/mol. The normalized spacial score (nSPS) is 22.4. The molecule has 1 aliphatic carbocycles. The molecule has 1 heterocycles. The van der Waals surface area contributed by atoms with Crippen LogP contribution >= 0.6 is 11.5 Å². The standard InChI is InChI=1S/C12H19N3O3S/c1-2-18-12(17)9-10(13)15-19-11(9)14-6-7-3-4-8(16)5-7/h7-8,14,16H,2-6H2,1H3,(H2,13,15). The monoisotopic (exact) mass is 285 g/mol.